The molecule has 0 saturated heterocycles. The van der Waals surface area contributed by atoms with Crippen molar-refractivity contribution in [2.24, 2.45) is 4.40 Å². The van der Waals surface area contributed by atoms with Crippen LogP contribution in [0.3, 0.4) is 0 Å². The Balaban J connectivity index is 2.91. The van der Waals surface area contributed by atoms with Gasteiger partial charge in [-0.25, -0.2) is 14.4 Å². The molecule has 0 N–H and O–H groups in total. The van der Waals surface area contributed by atoms with Crippen molar-refractivity contribution < 1.29 is 0 Å². The number of aromatic nitrogens is 2. The first-order chi connectivity index (χ1) is 5.36. The normalized spacial score (nSPS) is 10.7. The molecule has 0 aliphatic rings. The Hall–Kier alpha value is -0.550. The van der Waals surface area contributed by atoms with Crippen molar-refractivity contribution >= 4 is 30.8 Å². The van der Waals surface area contributed by atoms with Crippen molar-refractivity contribution in [3.05, 3.63) is 18.0 Å². The molecular formula is C6H7N3S2. The van der Waals surface area contributed by atoms with Crippen LogP contribution in [0.2, 0.25) is 0 Å². The molecular weight excluding hydrogens is 178 g/mol. The minimum atomic E-state index is 0.746. The Morgan fingerprint density at radius 3 is 3.18 bits per heavy atom. The molecule has 58 valence electrons. The lowest BCUT2D eigenvalue weighted by molar-refractivity contribution is 0.964. The molecule has 0 aliphatic heterocycles. The molecule has 0 unspecified atom stereocenters. The summed E-state index contributed by atoms with van der Waals surface area (Å²) in [6.07, 6.45) is 5.20. The molecule has 0 aliphatic carbocycles. The van der Waals surface area contributed by atoms with E-state index in [2.05, 4.69) is 27.2 Å². The van der Waals surface area contributed by atoms with Gasteiger partial charge >= 0.3 is 0 Å². The molecule has 5 heteroatoms. The Labute approximate surface area is 74.9 Å². The van der Waals surface area contributed by atoms with Gasteiger partial charge in [-0.3, -0.25) is 0 Å². The van der Waals surface area contributed by atoms with E-state index in [9.17, 15) is 0 Å². The summed E-state index contributed by atoms with van der Waals surface area (Å²) >= 11 is 5.20. The van der Waals surface area contributed by atoms with Crippen LogP contribution in [0.25, 0.3) is 0 Å². The summed E-state index contributed by atoms with van der Waals surface area (Å²) in [6.45, 7) is 0. The van der Waals surface area contributed by atoms with Gasteiger partial charge in [-0.2, -0.15) is 0 Å². The van der Waals surface area contributed by atoms with Crippen LogP contribution in [0.5, 0.6) is 0 Å². The number of hydrogen-bond donors (Lipinski definition) is 1. The van der Waals surface area contributed by atoms with Crippen molar-refractivity contribution in [1.82, 2.24) is 9.97 Å². The van der Waals surface area contributed by atoms with Gasteiger partial charge < -0.3 is 0 Å². The van der Waals surface area contributed by atoms with Crippen LogP contribution < -0.4 is 0 Å². The summed E-state index contributed by atoms with van der Waals surface area (Å²) in [5.74, 6) is 0. The highest BCUT2D eigenvalue weighted by Crippen LogP contribution is 2.06. The number of thioether (sulfide) groups is 1. The Kier molecular flexibility index (Phi) is 3.38. The first-order valence-corrected chi connectivity index (χ1v) is 4.54. The first-order valence-electron chi connectivity index (χ1n) is 2.91. The number of rotatable bonds is 2. The van der Waals surface area contributed by atoms with E-state index in [0.29, 0.717) is 0 Å². The predicted molar refractivity (Wildman–Crippen MR) is 50.4 cm³/mol. The SMILES string of the molecule is CSc1nccc(C=NS)n1. The molecule has 3 nitrogen and oxygen atoms in total. The molecule has 0 spiro atoms. The average Bonchev–Trinajstić information content (AvgIpc) is 2.06. The third-order valence-corrected chi connectivity index (χ3v) is 1.70. The van der Waals surface area contributed by atoms with E-state index >= 15 is 0 Å². The van der Waals surface area contributed by atoms with Crippen molar-refractivity contribution in [3.63, 3.8) is 0 Å². The van der Waals surface area contributed by atoms with Crippen LogP contribution in [-0.4, -0.2) is 22.4 Å². The van der Waals surface area contributed by atoms with E-state index in [4.69, 9.17) is 0 Å². The van der Waals surface area contributed by atoms with E-state index in [1.165, 1.54) is 11.8 Å². The van der Waals surface area contributed by atoms with Gasteiger partial charge in [0.05, 0.1) is 11.9 Å². The first kappa shape index (κ1) is 8.55. The van der Waals surface area contributed by atoms with Crippen LogP contribution in [-0.2, 0) is 0 Å². The fourth-order valence-corrected chi connectivity index (χ4v) is 1.06. The van der Waals surface area contributed by atoms with E-state index < -0.39 is 0 Å². The molecule has 0 atom stereocenters. The maximum absolute atomic E-state index is 4.13. The molecule has 11 heavy (non-hydrogen) atoms. The smallest absolute Gasteiger partial charge is 0.187 e. The van der Waals surface area contributed by atoms with E-state index in [1.807, 2.05) is 6.26 Å². The van der Waals surface area contributed by atoms with Crippen LogP contribution >= 0.6 is 24.6 Å². The minimum Gasteiger partial charge on any atom is -0.231 e. The van der Waals surface area contributed by atoms with Crippen molar-refractivity contribution in [2.45, 2.75) is 5.16 Å². The Morgan fingerprint density at radius 1 is 1.73 bits per heavy atom. The van der Waals surface area contributed by atoms with Gasteiger partial charge in [0.25, 0.3) is 0 Å². The van der Waals surface area contributed by atoms with Gasteiger partial charge in [0.2, 0.25) is 0 Å². The highest BCUT2D eigenvalue weighted by atomic mass is 32.2. The molecule has 0 bridgehead atoms. The Morgan fingerprint density at radius 2 is 2.55 bits per heavy atom. The molecule has 1 rings (SSSR count). The summed E-state index contributed by atoms with van der Waals surface area (Å²) in [5.41, 5.74) is 0.777. The fraction of sp³-hybridized carbons (Fsp3) is 0.167. The second-order valence-corrected chi connectivity index (χ2v) is 2.72. The molecule has 0 saturated carbocycles. The molecule has 0 fully saturated rings. The van der Waals surface area contributed by atoms with Gasteiger partial charge in [0.1, 0.15) is 0 Å². The standard InChI is InChI=1S/C6H7N3S2/c1-11-6-7-3-2-5(9-6)4-8-10/h2-4,10H,1H3. The monoisotopic (exact) mass is 185 g/mol. The molecule has 0 aromatic carbocycles. The second kappa shape index (κ2) is 4.35. The van der Waals surface area contributed by atoms with Gasteiger partial charge in [0.15, 0.2) is 5.16 Å². The summed E-state index contributed by atoms with van der Waals surface area (Å²) in [6, 6.07) is 1.78. The topological polar surface area (TPSA) is 38.1 Å². The van der Waals surface area contributed by atoms with Crippen LogP contribution in [0.1, 0.15) is 5.69 Å². The summed E-state index contributed by atoms with van der Waals surface area (Å²) < 4.78 is 3.55. The molecule has 0 radical (unpaired) electrons. The third kappa shape index (κ3) is 2.51. The third-order valence-electron chi connectivity index (χ3n) is 1.03. The van der Waals surface area contributed by atoms with Crippen LogP contribution in [0.4, 0.5) is 0 Å². The summed E-state index contributed by atoms with van der Waals surface area (Å²) in [5, 5.41) is 0.746. The van der Waals surface area contributed by atoms with Crippen molar-refractivity contribution in [3.8, 4) is 0 Å². The van der Waals surface area contributed by atoms with Crippen LogP contribution in [0, 0.1) is 0 Å². The largest absolute Gasteiger partial charge is 0.231 e. The Bertz CT molecular complexity index is 262. The quantitative estimate of drug-likeness (QED) is 0.328. The zero-order chi connectivity index (χ0) is 8.10. The van der Waals surface area contributed by atoms with Gasteiger partial charge in [0, 0.05) is 6.20 Å². The van der Waals surface area contributed by atoms with Crippen LogP contribution in [0.15, 0.2) is 21.8 Å². The molecule has 1 heterocycles. The lowest BCUT2D eigenvalue weighted by atomic mass is 10.4. The number of hydrogen-bond acceptors (Lipinski definition) is 5. The number of thiol groups is 1. The lowest BCUT2D eigenvalue weighted by Crippen LogP contribution is -1.90. The average molecular weight is 185 g/mol. The summed E-state index contributed by atoms with van der Waals surface area (Å²) in [4.78, 5) is 8.14. The predicted octanol–water partition coefficient (Wildman–Crippen LogP) is 1.46. The van der Waals surface area contributed by atoms with Crippen molar-refractivity contribution in [2.75, 3.05) is 6.26 Å². The van der Waals surface area contributed by atoms with Gasteiger partial charge in [-0.05, 0) is 25.1 Å². The minimum absolute atomic E-state index is 0.746. The zero-order valence-electron chi connectivity index (χ0n) is 5.93. The molecule has 1 aromatic heterocycles. The highest BCUT2D eigenvalue weighted by molar-refractivity contribution is 7.98. The van der Waals surface area contributed by atoms with E-state index in [1.54, 1.807) is 18.5 Å². The molecule has 1 aromatic rings. The van der Waals surface area contributed by atoms with Crippen molar-refractivity contribution in [1.29, 1.82) is 0 Å². The maximum Gasteiger partial charge on any atom is 0.187 e. The second-order valence-electron chi connectivity index (χ2n) is 1.71. The van der Waals surface area contributed by atoms with Gasteiger partial charge in [-0.1, -0.05) is 11.8 Å². The van der Waals surface area contributed by atoms with Gasteiger partial charge in [-0.15, -0.1) is 0 Å². The number of nitrogens with zero attached hydrogens (tertiary/aromatic N) is 3. The lowest BCUT2D eigenvalue weighted by Gasteiger charge is -1.93. The van der Waals surface area contributed by atoms with E-state index in [0.717, 1.165) is 10.9 Å². The molecule has 0 amide bonds. The highest BCUT2D eigenvalue weighted by Gasteiger charge is 1.93. The zero-order valence-corrected chi connectivity index (χ0v) is 7.64. The fourth-order valence-electron chi connectivity index (χ4n) is 0.583. The maximum atomic E-state index is 4.13. The van der Waals surface area contributed by atoms with E-state index in [-0.39, 0.29) is 0 Å². The summed E-state index contributed by atoms with van der Waals surface area (Å²) in [7, 11) is 0.